The van der Waals surface area contributed by atoms with E-state index >= 15 is 0 Å². The summed E-state index contributed by atoms with van der Waals surface area (Å²) in [6.45, 7) is 19.1. The Balaban J connectivity index is 0.00000204. The van der Waals surface area contributed by atoms with Crippen LogP contribution in [0.2, 0.25) is 32.7 Å². The first-order valence-electron chi connectivity index (χ1n) is 12.0. The average Bonchev–Trinajstić information content (AvgIpc) is 3.23. The summed E-state index contributed by atoms with van der Waals surface area (Å²) in [5, 5.41) is 1.67. The fraction of sp³-hybridized carbons (Fsp3) is 0.393. The van der Waals surface area contributed by atoms with Crippen LogP contribution in [0.5, 0.6) is 0 Å². The number of halogens is 2. The molecule has 181 valence electrons. The molecule has 2 aromatic carbocycles. The van der Waals surface area contributed by atoms with Crippen LogP contribution < -0.4 is 24.8 Å². The van der Waals surface area contributed by atoms with E-state index in [0.29, 0.717) is 5.92 Å². The standard InChI is InChI=1S/C25H31OSi2.C3H6.2ClH.Zr/c1-7-17-12-10-14-21-22(17)24(26-28(4,5)6)25(27(2)3)23(21)20-16-15-18-11-8-9-13-19(18)20;1-3-2;;;/h8-16,23,27H,7H2,1-6H3;1-2H3;2*1H;/q;;;;+2/p-2. The van der Waals surface area contributed by atoms with E-state index in [1.54, 1.807) is 14.0 Å². The fourth-order valence-electron chi connectivity index (χ4n) is 5.55. The summed E-state index contributed by atoms with van der Waals surface area (Å²) in [6, 6.07) is 16.2. The monoisotopic (exact) mass is 605 g/mol. The third kappa shape index (κ3) is 5.27. The topological polar surface area (TPSA) is 9.23 Å². The molecule has 0 saturated carbocycles. The largest absolute Gasteiger partial charge is 1.00 e. The van der Waals surface area contributed by atoms with E-state index in [4.69, 9.17) is 4.43 Å². The molecule has 34 heavy (non-hydrogen) atoms. The van der Waals surface area contributed by atoms with E-state index in [-0.39, 0.29) is 27.9 Å². The maximum Gasteiger partial charge on any atom is -1.00 e. The van der Waals surface area contributed by atoms with Crippen LogP contribution in [0.25, 0.3) is 11.8 Å². The van der Waals surface area contributed by atoms with E-state index < -0.39 is 39.9 Å². The average molecular weight is 608 g/mol. The van der Waals surface area contributed by atoms with Gasteiger partial charge in [-0.3, -0.25) is 0 Å². The molecule has 4 rings (SSSR count). The molecule has 0 radical (unpaired) electrons. The first kappa shape index (κ1) is 29.7. The summed E-state index contributed by atoms with van der Waals surface area (Å²) in [6.07, 6.45) is 6.08. The summed E-state index contributed by atoms with van der Waals surface area (Å²) in [5.41, 5.74) is 7.43. The zero-order valence-electron chi connectivity index (χ0n) is 21.7. The normalized spacial score (nSPS) is 20.3. The Kier molecular flexibility index (Phi) is 9.84. The number of allylic oxidation sites excluding steroid dienone is 2. The van der Waals surface area contributed by atoms with Crippen molar-refractivity contribution in [1.82, 2.24) is 0 Å². The summed E-state index contributed by atoms with van der Waals surface area (Å²) in [5.74, 6) is 1.72. The molecule has 2 atom stereocenters. The second kappa shape index (κ2) is 11.3. The van der Waals surface area contributed by atoms with Crippen molar-refractivity contribution in [2.75, 3.05) is 0 Å². The molecule has 2 unspecified atom stereocenters. The van der Waals surface area contributed by atoms with Crippen LogP contribution in [0.1, 0.15) is 54.5 Å². The third-order valence-corrected chi connectivity index (χ3v) is 13.2. The minimum Gasteiger partial charge on any atom is -1.00 e. The molecule has 0 amide bonds. The Morgan fingerprint density at radius 2 is 1.71 bits per heavy atom. The fourth-order valence-corrected chi connectivity index (χ4v) is 13.2. The maximum atomic E-state index is 7.01. The minimum atomic E-state index is -1.76. The number of aryl methyl sites for hydroxylation is 1. The van der Waals surface area contributed by atoms with Crippen LogP contribution in [0.4, 0.5) is 0 Å². The molecule has 0 aliphatic heterocycles. The van der Waals surface area contributed by atoms with Gasteiger partial charge in [0.15, 0.2) is 0 Å². The molecule has 0 fully saturated rings. The van der Waals surface area contributed by atoms with Crippen molar-refractivity contribution in [3.8, 4) is 0 Å². The molecular weight excluding hydrogens is 571 g/mol. The van der Waals surface area contributed by atoms with Gasteiger partial charge in [-0.05, 0) is 0 Å². The quantitative estimate of drug-likeness (QED) is 0.448. The molecule has 1 nitrogen and oxygen atoms in total. The maximum absolute atomic E-state index is 7.01. The van der Waals surface area contributed by atoms with Crippen molar-refractivity contribution in [2.24, 2.45) is 0 Å². The Hall–Kier alpha value is -0.513. The van der Waals surface area contributed by atoms with Gasteiger partial charge < -0.3 is 24.8 Å². The van der Waals surface area contributed by atoms with Gasteiger partial charge in [-0.2, -0.15) is 0 Å². The molecule has 0 saturated heterocycles. The van der Waals surface area contributed by atoms with Gasteiger partial charge in [-0.15, -0.1) is 0 Å². The van der Waals surface area contributed by atoms with Crippen molar-refractivity contribution < 1.29 is 52.0 Å². The molecule has 0 bridgehead atoms. The van der Waals surface area contributed by atoms with Crippen molar-refractivity contribution in [3.05, 3.63) is 81.6 Å². The van der Waals surface area contributed by atoms with E-state index in [1.165, 1.54) is 28.0 Å². The van der Waals surface area contributed by atoms with Crippen LogP contribution in [-0.4, -0.2) is 20.3 Å². The van der Waals surface area contributed by atoms with Crippen LogP contribution in [0.15, 0.2) is 53.7 Å². The Morgan fingerprint density at radius 1 is 1.03 bits per heavy atom. The zero-order chi connectivity index (χ0) is 23.3. The second-order valence-corrected chi connectivity index (χ2v) is 23.2. The summed E-state index contributed by atoms with van der Waals surface area (Å²) < 4.78 is 8.81. The van der Waals surface area contributed by atoms with Crippen molar-refractivity contribution >= 4 is 32.2 Å². The van der Waals surface area contributed by atoms with E-state index in [2.05, 4.69) is 108 Å². The van der Waals surface area contributed by atoms with Gasteiger partial charge in [0, 0.05) is 0 Å². The van der Waals surface area contributed by atoms with Gasteiger partial charge in [-0.1, -0.05) is 0 Å². The van der Waals surface area contributed by atoms with Gasteiger partial charge >= 0.3 is 210 Å². The number of hydrogen-bond donors (Lipinski definition) is 0. The minimum absolute atomic E-state index is 0. The van der Waals surface area contributed by atoms with Gasteiger partial charge in [-0.25, -0.2) is 0 Å². The van der Waals surface area contributed by atoms with Crippen LogP contribution in [0, 0.1) is 0 Å². The smallest absolute Gasteiger partial charge is 1.00 e. The van der Waals surface area contributed by atoms with E-state index in [1.807, 2.05) is 0 Å². The van der Waals surface area contributed by atoms with Gasteiger partial charge in [0.25, 0.3) is 0 Å². The van der Waals surface area contributed by atoms with E-state index in [0.717, 1.165) is 6.42 Å². The number of benzene rings is 2. The van der Waals surface area contributed by atoms with Gasteiger partial charge in [0.2, 0.25) is 0 Å². The van der Waals surface area contributed by atoms with Crippen molar-refractivity contribution in [2.45, 2.75) is 69.0 Å². The summed E-state index contributed by atoms with van der Waals surface area (Å²) >= 11 is -0.896. The predicted octanol–water partition coefficient (Wildman–Crippen LogP) is 1.16. The predicted molar refractivity (Wildman–Crippen MR) is 142 cm³/mol. The molecule has 2 aliphatic carbocycles. The zero-order valence-corrected chi connectivity index (χ0v) is 27.8. The number of rotatable bonds is 6. The molecule has 0 spiro atoms. The molecular formula is C28H37Cl2OSi2Zr. The summed E-state index contributed by atoms with van der Waals surface area (Å²) in [4.78, 5) is 0. The second-order valence-electron chi connectivity index (χ2n) is 10.7. The van der Waals surface area contributed by atoms with Crippen molar-refractivity contribution in [1.29, 1.82) is 0 Å². The Labute approximate surface area is 233 Å². The molecule has 2 aromatic rings. The first-order chi connectivity index (χ1) is 15.1. The Morgan fingerprint density at radius 3 is 2.29 bits per heavy atom. The van der Waals surface area contributed by atoms with Crippen LogP contribution in [-0.2, 0) is 36.7 Å². The van der Waals surface area contributed by atoms with Gasteiger partial charge in [0.1, 0.15) is 0 Å². The molecule has 2 aliphatic rings. The van der Waals surface area contributed by atoms with Crippen molar-refractivity contribution in [3.63, 3.8) is 0 Å². The molecule has 0 N–H and O–H groups in total. The van der Waals surface area contributed by atoms with Gasteiger partial charge in [0.05, 0.1) is 0 Å². The van der Waals surface area contributed by atoms with E-state index in [9.17, 15) is 0 Å². The molecule has 6 heteroatoms. The van der Waals surface area contributed by atoms with Crippen LogP contribution in [0.3, 0.4) is 0 Å². The SMILES string of the molecule is CCc1cccc2c1C(O[Si](C)(C)C)=C([SiH](C)C)C2[C]1([Zr+2]=[C](C)C)C=Cc2ccccc21.[Cl-].[Cl-]. The number of hydrogen-bond acceptors (Lipinski definition) is 1. The number of fused-ring (bicyclic) bond motifs is 2. The summed E-state index contributed by atoms with van der Waals surface area (Å²) in [7, 11) is -2.90. The molecule has 0 heterocycles. The molecule has 0 aromatic heterocycles. The first-order valence-corrected chi connectivity index (χ1v) is 20.8. The third-order valence-electron chi connectivity index (χ3n) is 6.55. The Bertz CT molecular complexity index is 1140. The van der Waals surface area contributed by atoms with Crippen LogP contribution >= 0.6 is 0 Å².